The molecule has 0 heterocycles. The fourth-order valence-electron chi connectivity index (χ4n) is 1.58. The van der Waals surface area contributed by atoms with Crippen LogP contribution in [0, 0.1) is 5.41 Å². The average Bonchev–Trinajstić information content (AvgIpc) is 2.41. The van der Waals surface area contributed by atoms with Crippen LogP contribution in [0.2, 0.25) is 5.02 Å². The first-order valence-electron chi connectivity index (χ1n) is 5.56. The number of benzene rings is 2. The Labute approximate surface area is 116 Å². The van der Waals surface area contributed by atoms with E-state index in [2.05, 4.69) is 0 Å². The SMILES string of the molecule is COc1ccc(C(=N)N)c(Oc2ccccc2Cl)c1. The number of nitrogens with one attached hydrogen (secondary N) is 1. The molecule has 0 fully saturated rings. The van der Waals surface area contributed by atoms with E-state index in [0.29, 0.717) is 27.8 Å². The van der Waals surface area contributed by atoms with Crippen molar-refractivity contribution < 1.29 is 9.47 Å². The first kappa shape index (κ1) is 13.2. The molecule has 0 radical (unpaired) electrons. The molecule has 0 unspecified atom stereocenters. The number of hydrogen-bond acceptors (Lipinski definition) is 3. The first-order chi connectivity index (χ1) is 9.11. The van der Waals surface area contributed by atoms with Crippen LogP contribution in [-0.4, -0.2) is 12.9 Å². The van der Waals surface area contributed by atoms with Crippen molar-refractivity contribution in [3.8, 4) is 17.2 Å². The van der Waals surface area contributed by atoms with Crippen molar-refractivity contribution in [2.75, 3.05) is 7.11 Å². The van der Waals surface area contributed by atoms with E-state index in [-0.39, 0.29) is 5.84 Å². The van der Waals surface area contributed by atoms with E-state index in [0.717, 1.165) is 0 Å². The van der Waals surface area contributed by atoms with Gasteiger partial charge in [0.2, 0.25) is 0 Å². The van der Waals surface area contributed by atoms with Crippen LogP contribution in [0.15, 0.2) is 42.5 Å². The van der Waals surface area contributed by atoms with Gasteiger partial charge in [0, 0.05) is 6.07 Å². The lowest BCUT2D eigenvalue weighted by atomic mass is 10.1. The van der Waals surface area contributed by atoms with E-state index >= 15 is 0 Å². The highest BCUT2D eigenvalue weighted by molar-refractivity contribution is 6.32. The largest absolute Gasteiger partial charge is 0.497 e. The van der Waals surface area contributed by atoms with Gasteiger partial charge in [-0.3, -0.25) is 5.41 Å². The molecule has 2 rings (SSSR count). The van der Waals surface area contributed by atoms with Crippen LogP contribution >= 0.6 is 11.6 Å². The Kier molecular flexibility index (Phi) is 3.92. The monoisotopic (exact) mass is 276 g/mol. The Balaban J connectivity index is 2.43. The highest BCUT2D eigenvalue weighted by Gasteiger charge is 2.11. The van der Waals surface area contributed by atoms with Crippen LogP contribution in [0.5, 0.6) is 17.2 Å². The van der Waals surface area contributed by atoms with Gasteiger partial charge >= 0.3 is 0 Å². The van der Waals surface area contributed by atoms with Gasteiger partial charge in [-0.25, -0.2) is 0 Å². The molecule has 3 N–H and O–H groups in total. The number of ether oxygens (including phenoxy) is 2. The number of nitrogen functional groups attached to an aromatic ring is 1. The van der Waals surface area contributed by atoms with Gasteiger partial charge in [-0.15, -0.1) is 0 Å². The van der Waals surface area contributed by atoms with Crippen LogP contribution in [0.4, 0.5) is 0 Å². The summed E-state index contributed by atoms with van der Waals surface area (Å²) in [7, 11) is 1.56. The second-order valence-corrected chi connectivity index (χ2v) is 4.22. The number of rotatable bonds is 4. The minimum Gasteiger partial charge on any atom is -0.497 e. The molecule has 0 saturated carbocycles. The second-order valence-electron chi connectivity index (χ2n) is 3.81. The molecular formula is C14H13ClN2O2. The Bertz CT molecular complexity index is 614. The van der Waals surface area contributed by atoms with E-state index in [9.17, 15) is 0 Å². The normalized spacial score (nSPS) is 10.0. The second kappa shape index (κ2) is 5.63. The molecule has 0 aliphatic heterocycles. The predicted molar refractivity (Wildman–Crippen MR) is 75.5 cm³/mol. The molecule has 0 aliphatic rings. The zero-order chi connectivity index (χ0) is 13.8. The van der Waals surface area contributed by atoms with Gasteiger partial charge in [0.1, 0.15) is 23.1 Å². The van der Waals surface area contributed by atoms with Gasteiger partial charge < -0.3 is 15.2 Å². The maximum Gasteiger partial charge on any atom is 0.146 e. The van der Waals surface area contributed by atoms with E-state index in [4.69, 9.17) is 32.2 Å². The molecular weight excluding hydrogens is 264 g/mol. The Hall–Kier alpha value is -2.20. The van der Waals surface area contributed by atoms with E-state index in [1.54, 1.807) is 37.4 Å². The maximum absolute atomic E-state index is 7.55. The lowest BCUT2D eigenvalue weighted by Crippen LogP contribution is -2.12. The molecule has 98 valence electrons. The topological polar surface area (TPSA) is 68.3 Å². The van der Waals surface area contributed by atoms with Crippen molar-refractivity contribution >= 4 is 17.4 Å². The molecule has 0 aromatic heterocycles. The summed E-state index contributed by atoms with van der Waals surface area (Å²) in [6.07, 6.45) is 0. The van der Waals surface area contributed by atoms with E-state index < -0.39 is 0 Å². The number of halogens is 1. The Morgan fingerprint density at radius 1 is 1.16 bits per heavy atom. The van der Waals surface area contributed by atoms with Gasteiger partial charge in [-0.1, -0.05) is 23.7 Å². The molecule has 2 aromatic carbocycles. The standard InChI is InChI=1S/C14H13ClN2O2/c1-18-9-6-7-10(14(16)17)13(8-9)19-12-5-3-2-4-11(12)15/h2-8H,1H3,(H3,16,17). The lowest BCUT2D eigenvalue weighted by Gasteiger charge is -2.12. The number of methoxy groups -OCH3 is 1. The van der Waals surface area contributed by atoms with E-state index in [1.807, 2.05) is 12.1 Å². The van der Waals surface area contributed by atoms with Gasteiger partial charge in [0.05, 0.1) is 17.7 Å². The van der Waals surface area contributed by atoms with Gasteiger partial charge in [0.25, 0.3) is 0 Å². The van der Waals surface area contributed by atoms with Gasteiger partial charge in [-0.05, 0) is 24.3 Å². The van der Waals surface area contributed by atoms with Crippen LogP contribution in [0.1, 0.15) is 5.56 Å². The number of hydrogen-bond donors (Lipinski definition) is 2. The molecule has 0 saturated heterocycles. The molecule has 0 spiro atoms. The molecule has 5 heteroatoms. The number of para-hydroxylation sites is 1. The first-order valence-corrected chi connectivity index (χ1v) is 5.94. The summed E-state index contributed by atoms with van der Waals surface area (Å²) in [5.74, 6) is 1.47. The summed E-state index contributed by atoms with van der Waals surface area (Å²) in [4.78, 5) is 0. The third-order valence-corrected chi connectivity index (χ3v) is 2.85. The summed E-state index contributed by atoms with van der Waals surface area (Å²) in [5.41, 5.74) is 6.01. The van der Waals surface area contributed by atoms with Crippen molar-refractivity contribution in [1.82, 2.24) is 0 Å². The molecule has 19 heavy (non-hydrogen) atoms. The molecule has 0 aliphatic carbocycles. The van der Waals surface area contributed by atoms with Crippen molar-refractivity contribution in [2.24, 2.45) is 5.73 Å². The summed E-state index contributed by atoms with van der Waals surface area (Å²) in [6, 6.07) is 12.2. The lowest BCUT2D eigenvalue weighted by molar-refractivity contribution is 0.409. The average molecular weight is 277 g/mol. The summed E-state index contributed by atoms with van der Waals surface area (Å²) < 4.78 is 10.8. The fourth-order valence-corrected chi connectivity index (χ4v) is 1.76. The quantitative estimate of drug-likeness (QED) is 0.664. The highest BCUT2D eigenvalue weighted by atomic mass is 35.5. The summed E-state index contributed by atoms with van der Waals surface area (Å²) in [6.45, 7) is 0. The van der Waals surface area contributed by atoms with Crippen molar-refractivity contribution in [1.29, 1.82) is 5.41 Å². The third-order valence-electron chi connectivity index (χ3n) is 2.54. The van der Waals surface area contributed by atoms with Crippen molar-refractivity contribution in [3.05, 3.63) is 53.1 Å². The predicted octanol–water partition coefficient (Wildman–Crippen LogP) is 3.42. The van der Waals surface area contributed by atoms with Crippen molar-refractivity contribution in [3.63, 3.8) is 0 Å². The summed E-state index contributed by atoms with van der Waals surface area (Å²) in [5, 5.41) is 8.03. The van der Waals surface area contributed by atoms with Crippen LogP contribution in [0.3, 0.4) is 0 Å². The molecule has 4 nitrogen and oxygen atoms in total. The van der Waals surface area contributed by atoms with Crippen LogP contribution in [0.25, 0.3) is 0 Å². The molecule has 0 bridgehead atoms. The highest BCUT2D eigenvalue weighted by Crippen LogP contribution is 2.33. The molecule has 2 aromatic rings. The summed E-state index contributed by atoms with van der Waals surface area (Å²) >= 11 is 6.04. The molecule has 0 atom stereocenters. The number of nitrogens with two attached hydrogens (primary N) is 1. The zero-order valence-electron chi connectivity index (χ0n) is 10.3. The van der Waals surface area contributed by atoms with E-state index in [1.165, 1.54) is 0 Å². The fraction of sp³-hybridized carbons (Fsp3) is 0.0714. The van der Waals surface area contributed by atoms with Crippen LogP contribution < -0.4 is 15.2 Å². The zero-order valence-corrected chi connectivity index (χ0v) is 11.1. The van der Waals surface area contributed by atoms with Crippen LogP contribution in [-0.2, 0) is 0 Å². The minimum absolute atomic E-state index is 0.0790. The van der Waals surface area contributed by atoms with Crippen molar-refractivity contribution in [2.45, 2.75) is 0 Å². The number of amidine groups is 1. The third kappa shape index (κ3) is 2.98. The smallest absolute Gasteiger partial charge is 0.146 e. The van der Waals surface area contributed by atoms with Gasteiger partial charge in [0.15, 0.2) is 0 Å². The Morgan fingerprint density at radius 3 is 2.53 bits per heavy atom. The van der Waals surface area contributed by atoms with Gasteiger partial charge in [-0.2, -0.15) is 0 Å². The maximum atomic E-state index is 7.55. The Morgan fingerprint density at radius 2 is 1.89 bits per heavy atom. The minimum atomic E-state index is -0.0790. The molecule has 0 amide bonds.